The summed E-state index contributed by atoms with van der Waals surface area (Å²) in [5, 5.41) is 9.01. The first-order valence-corrected chi connectivity index (χ1v) is 6.91. The molecular formula is C10H18N2O3S. The van der Waals surface area contributed by atoms with Gasteiger partial charge in [-0.3, -0.25) is 0 Å². The Bertz CT molecular complexity index is 451. The van der Waals surface area contributed by atoms with E-state index in [0.29, 0.717) is 5.69 Å². The van der Waals surface area contributed by atoms with Gasteiger partial charge in [-0.1, -0.05) is 20.3 Å². The third-order valence-electron chi connectivity index (χ3n) is 2.68. The minimum Gasteiger partial charge on any atom is -0.390 e. The monoisotopic (exact) mass is 246 g/mol. The van der Waals surface area contributed by atoms with Crippen LogP contribution in [0.25, 0.3) is 0 Å². The van der Waals surface area contributed by atoms with Gasteiger partial charge in [0.1, 0.15) is 0 Å². The van der Waals surface area contributed by atoms with Gasteiger partial charge >= 0.3 is 0 Å². The summed E-state index contributed by atoms with van der Waals surface area (Å²) in [4.78, 5) is 3.86. The lowest BCUT2D eigenvalue weighted by Gasteiger charge is -2.09. The molecule has 0 aromatic carbocycles. The SMILES string of the molecule is CCC(C)CS(=O)(=O)c1ncc(CO)n1C. The zero-order valence-electron chi connectivity index (χ0n) is 9.84. The number of sulfone groups is 1. The van der Waals surface area contributed by atoms with Gasteiger partial charge in [0.25, 0.3) is 0 Å². The van der Waals surface area contributed by atoms with Crippen LogP contribution in [0.2, 0.25) is 0 Å². The van der Waals surface area contributed by atoms with Gasteiger partial charge in [0, 0.05) is 7.05 Å². The highest BCUT2D eigenvalue weighted by Gasteiger charge is 2.23. The molecule has 1 aromatic rings. The molecule has 16 heavy (non-hydrogen) atoms. The van der Waals surface area contributed by atoms with Crippen LogP contribution in [0.15, 0.2) is 11.4 Å². The van der Waals surface area contributed by atoms with Crippen molar-refractivity contribution in [1.82, 2.24) is 9.55 Å². The van der Waals surface area contributed by atoms with Gasteiger partial charge in [0.15, 0.2) is 0 Å². The van der Waals surface area contributed by atoms with Crippen LogP contribution in [0, 0.1) is 5.92 Å². The molecule has 0 bridgehead atoms. The molecule has 0 radical (unpaired) electrons. The summed E-state index contributed by atoms with van der Waals surface area (Å²) in [6.07, 6.45) is 2.21. The fraction of sp³-hybridized carbons (Fsp3) is 0.700. The minimum absolute atomic E-state index is 0.0388. The molecule has 92 valence electrons. The molecule has 1 rings (SSSR count). The Morgan fingerprint density at radius 2 is 2.19 bits per heavy atom. The van der Waals surface area contributed by atoms with Gasteiger partial charge in [-0.2, -0.15) is 0 Å². The van der Waals surface area contributed by atoms with E-state index in [9.17, 15) is 8.42 Å². The second-order valence-electron chi connectivity index (χ2n) is 4.04. The summed E-state index contributed by atoms with van der Waals surface area (Å²) in [6, 6.07) is 0. The molecule has 0 saturated carbocycles. The van der Waals surface area contributed by atoms with E-state index < -0.39 is 9.84 Å². The molecule has 1 atom stereocenters. The highest BCUT2D eigenvalue weighted by molar-refractivity contribution is 7.91. The van der Waals surface area contributed by atoms with Crippen LogP contribution in [0.1, 0.15) is 26.0 Å². The average Bonchev–Trinajstić information content (AvgIpc) is 2.59. The van der Waals surface area contributed by atoms with Crippen molar-refractivity contribution in [3.8, 4) is 0 Å². The maximum absolute atomic E-state index is 12.0. The average molecular weight is 246 g/mol. The molecule has 0 fully saturated rings. The Morgan fingerprint density at radius 3 is 2.62 bits per heavy atom. The van der Waals surface area contributed by atoms with Crippen molar-refractivity contribution >= 4 is 9.84 Å². The number of imidazole rings is 1. The molecule has 0 amide bonds. The highest BCUT2D eigenvalue weighted by Crippen LogP contribution is 2.15. The van der Waals surface area contributed by atoms with Crippen LogP contribution < -0.4 is 0 Å². The lowest BCUT2D eigenvalue weighted by atomic mass is 10.2. The Hall–Kier alpha value is -0.880. The Labute approximate surface area is 96.0 Å². The Morgan fingerprint density at radius 1 is 1.56 bits per heavy atom. The second-order valence-corrected chi connectivity index (χ2v) is 5.97. The number of hydrogen-bond donors (Lipinski definition) is 1. The van der Waals surface area contributed by atoms with Gasteiger partial charge in [-0.25, -0.2) is 13.4 Å². The second kappa shape index (κ2) is 4.97. The van der Waals surface area contributed by atoms with E-state index in [1.807, 2.05) is 13.8 Å². The third kappa shape index (κ3) is 2.62. The third-order valence-corrected chi connectivity index (χ3v) is 4.63. The van der Waals surface area contributed by atoms with Crippen molar-refractivity contribution in [3.05, 3.63) is 11.9 Å². The molecule has 1 N–H and O–H groups in total. The van der Waals surface area contributed by atoms with E-state index in [1.165, 1.54) is 10.8 Å². The van der Waals surface area contributed by atoms with Crippen molar-refractivity contribution < 1.29 is 13.5 Å². The predicted octanol–water partition coefficient (Wildman–Crippen LogP) is 0.732. The minimum atomic E-state index is -3.35. The molecular weight excluding hydrogens is 228 g/mol. The first-order chi connectivity index (χ1) is 7.42. The molecule has 5 nitrogen and oxygen atoms in total. The summed E-state index contributed by atoms with van der Waals surface area (Å²) in [5.74, 6) is 0.207. The Kier molecular flexibility index (Phi) is 4.09. The lowest BCUT2D eigenvalue weighted by Crippen LogP contribution is -2.17. The summed E-state index contributed by atoms with van der Waals surface area (Å²) in [6.45, 7) is 3.65. The van der Waals surface area contributed by atoms with Crippen LogP contribution in [-0.2, 0) is 23.5 Å². The first kappa shape index (κ1) is 13.2. The number of aliphatic hydroxyl groups is 1. The van der Waals surface area contributed by atoms with E-state index >= 15 is 0 Å². The van der Waals surface area contributed by atoms with Gasteiger partial charge in [0.2, 0.25) is 15.0 Å². The van der Waals surface area contributed by atoms with E-state index in [-0.39, 0.29) is 23.4 Å². The molecule has 0 spiro atoms. The zero-order chi connectivity index (χ0) is 12.3. The summed E-state index contributed by atoms with van der Waals surface area (Å²) in [5.41, 5.74) is 0.503. The van der Waals surface area contributed by atoms with Crippen molar-refractivity contribution in [2.45, 2.75) is 32.0 Å². The largest absolute Gasteiger partial charge is 0.390 e. The normalized spacial score (nSPS) is 14.0. The quantitative estimate of drug-likeness (QED) is 0.831. The maximum atomic E-state index is 12.0. The van der Waals surface area contributed by atoms with Gasteiger partial charge in [0.05, 0.1) is 24.3 Å². The summed E-state index contributed by atoms with van der Waals surface area (Å²) < 4.78 is 25.4. The molecule has 0 saturated heterocycles. The lowest BCUT2D eigenvalue weighted by molar-refractivity contribution is 0.271. The van der Waals surface area contributed by atoms with E-state index in [1.54, 1.807) is 7.05 Å². The topological polar surface area (TPSA) is 72.2 Å². The smallest absolute Gasteiger partial charge is 0.227 e. The number of aliphatic hydroxyl groups excluding tert-OH is 1. The van der Waals surface area contributed by atoms with Gasteiger partial charge in [-0.15, -0.1) is 0 Å². The fourth-order valence-electron chi connectivity index (χ4n) is 1.43. The van der Waals surface area contributed by atoms with Crippen LogP contribution in [0.5, 0.6) is 0 Å². The summed E-state index contributed by atoms with van der Waals surface area (Å²) in [7, 11) is -1.75. The molecule has 1 aromatic heterocycles. The van der Waals surface area contributed by atoms with Crippen molar-refractivity contribution in [1.29, 1.82) is 0 Å². The maximum Gasteiger partial charge on any atom is 0.227 e. The molecule has 1 heterocycles. The first-order valence-electron chi connectivity index (χ1n) is 5.26. The van der Waals surface area contributed by atoms with Crippen molar-refractivity contribution in [3.63, 3.8) is 0 Å². The summed E-state index contributed by atoms with van der Waals surface area (Å²) >= 11 is 0. The molecule has 0 aliphatic rings. The number of nitrogens with zero attached hydrogens (tertiary/aromatic N) is 2. The number of rotatable bonds is 5. The standard InChI is InChI=1S/C10H18N2O3S/c1-4-8(2)7-16(14,15)10-11-5-9(6-13)12(10)3/h5,8,13H,4,6-7H2,1-3H3. The van der Waals surface area contributed by atoms with E-state index in [2.05, 4.69) is 4.98 Å². The Balaban J connectivity index is 3.03. The molecule has 6 heteroatoms. The highest BCUT2D eigenvalue weighted by atomic mass is 32.2. The zero-order valence-corrected chi connectivity index (χ0v) is 10.7. The number of aromatic nitrogens is 2. The molecule has 0 aliphatic heterocycles. The van der Waals surface area contributed by atoms with Crippen LogP contribution >= 0.6 is 0 Å². The van der Waals surface area contributed by atoms with Crippen molar-refractivity contribution in [2.75, 3.05) is 5.75 Å². The van der Waals surface area contributed by atoms with Crippen LogP contribution in [0.3, 0.4) is 0 Å². The van der Waals surface area contributed by atoms with Gasteiger partial charge in [-0.05, 0) is 5.92 Å². The van der Waals surface area contributed by atoms with Gasteiger partial charge < -0.3 is 9.67 Å². The van der Waals surface area contributed by atoms with E-state index in [4.69, 9.17) is 5.11 Å². The van der Waals surface area contributed by atoms with Crippen LogP contribution in [0.4, 0.5) is 0 Å². The molecule has 1 unspecified atom stereocenters. The fourth-order valence-corrected chi connectivity index (χ4v) is 3.31. The number of hydrogen-bond acceptors (Lipinski definition) is 4. The van der Waals surface area contributed by atoms with Crippen molar-refractivity contribution in [2.24, 2.45) is 13.0 Å². The van der Waals surface area contributed by atoms with Crippen LogP contribution in [-0.4, -0.2) is 28.8 Å². The molecule has 0 aliphatic carbocycles. The predicted molar refractivity (Wildman–Crippen MR) is 60.6 cm³/mol. The van der Waals surface area contributed by atoms with E-state index in [0.717, 1.165) is 6.42 Å².